The van der Waals surface area contributed by atoms with Crippen molar-refractivity contribution in [2.45, 2.75) is 25.8 Å². The van der Waals surface area contributed by atoms with E-state index in [0.29, 0.717) is 11.5 Å². The summed E-state index contributed by atoms with van der Waals surface area (Å²) in [6.07, 6.45) is 1.99. The molecule has 2 rings (SSSR count). The van der Waals surface area contributed by atoms with Gasteiger partial charge in [0.05, 0.1) is 12.1 Å². The lowest BCUT2D eigenvalue weighted by molar-refractivity contribution is 0.0895. The van der Waals surface area contributed by atoms with Crippen LogP contribution in [0.5, 0.6) is 0 Å². The maximum atomic E-state index is 13.7. The van der Waals surface area contributed by atoms with Crippen LogP contribution in [0.1, 0.15) is 35.7 Å². The molecule has 0 aromatic heterocycles. The quantitative estimate of drug-likeness (QED) is 0.795. The Morgan fingerprint density at radius 2 is 2.26 bits per heavy atom. The Kier molecular flexibility index (Phi) is 4.18. The van der Waals surface area contributed by atoms with Gasteiger partial charge in [0.2, 0.25) is 0 Å². The highest BCUT2D eigenvalue weighted by Gasteiger charge is 2.26. The Hall–Kier alpha value is -1.86. The van der Waals surface area contributed by atoms with E-state index in [9.17, 15) is 9.18 Å². The summed E-state index contributed by atoms with van der Waals surface area (Å²) in [6, 6.07) is 4.54. The van der Waals surface area contributed by atoms with Crippen molar-refractivity contribution in [1.82, 2.24) is 5.32 Å². The highest BCUT2D eigenvalue weighted by Crippen LogP contribution is 2.26. The maximum absolute atomic E-state index is 13.7. The van der Waals surface area contributed by atoms with Crippen LogP contribution in [-0.4, -0.2) is 18.5 Å². The molecule has 3 nitrogen and oxygen atoms in total. The molecule has 100 valence electrons. The van der Waals surface area contributed by atoms with Crippen LogP contribution in [0, 0.1) is 23.6 Å². The van der Waals surface area contributed by atoms with Crippen LogP contribution >= 0.6 is 0 Å². The standard InChI is InChI=1S/C15H17FN2O/c1-10-7-13(8-10)18-15(19)12-5-4-11(3-2-6-17)14(16)9-12/h4-5,9-10,13H,6-8,17H2,1H3,(H,18,19). The van der Waals surface area contributed by atoms with Crippen LogP contribution in [-0.2, 0) is 0 Å². The summed E-state index contributed by atoms with van der Waals surface area (Å²) in [7, 11) is 0. The zero-order valence-corrected chi connectivity index (χ0v) is 10.9. The number of hydrogen-bond acceptors (Lipinski definition) is 2. The molecule has 0 aliphatic heterocycles. The van der Waals surface area contributed by atoms with Crippen molar-refractivity contribution in [2.75, 3.05) is 6.54 Å². The fraction of sp³-hybridized carbons (Fsp3) is 0.400. The van der Waals surface area contributed by atoms with Crippen molar-refractivity contribution < 1.29 is 9.18 Å². The third kappa shape index (κ3) is 3.33. The molecule has 1 aromatic rings. The van der Waals surface area contributed by atoms with Crippen LogP contribution in [0.25, 0.3) is 0 Å². The van der Waals surface area contributed by atoms with Crippen LogP contribution in [0.3, 0.4) is 0 Å². The number of carbonyl (C=O) groups excluding carboxylic acids is 1. The lowest BCUT2D eigenvalue weighted by Crippen LogP contribution is -2.43. The van der Waals surface area contributed by atoms with Crippen molar-refractivity contribution in [2.24, 2.45) is 11.7 Å². The molecule has 0 atom stereocenters. The highest BCUT2D eigenvalue weighted by atomic mass is 19.1. The Balaban J connectivity index is 2.04. The third-order valence-corrected chi connectivity index (χ3v) is 3.27. The number of carbonyl (C=O) groups is 1. The number of nitrogens with one attached hydrogen (secondary N) is 1. The number of rotatable bonds is 2. The summed E-state index contributed by atoms with van der Waals surface area (Å²) < 4.78 is 13.7. The second-order valence-electron chi connectivity index (χ2n) is 4.95. The first-order chi connectivity index (χ1) is 9.10. The van der Waals surface area contributed by atoms with Gasteiger partial charge in [0, 0.05) is 11.6 Å². The van der Waals surface area contributed by atoms with E-state index in [-0.39, 0.29) is 24.1 Å². The minimum atomic E-state index is -0.490. The molecule has 0 bridgehead atoms. The Morgan fingerprint density at radius 3 is 2.84 bits per heavy atom. The molecule has 1 amide bonds. The number of benzene rings is 1. The summed E-state index contributed by atoms with van der Waals surface area (Å²) >= 11 is 0. The minimum absolute atomic E-state index is 0.182. The van der Waals surface area contributed by atoms with E-state index in [2.05, 4.69) is 24.1 Å². The summed E-state index contributed by atoms with van der Waals surface area (Å²) in [4.78, 5) is 11.9. The SMILES string of the molecule is CC1CC(NC(=O)c2ccc(C#CCN)c(F)c2)C1. The molecule has 19 heavy (non-hydrogen) atoms. The lowest BCUT2D eigenvalue weighted by atomic mass is 9.82. The van der Waals surface area contributed by atoms with Gasteiger partial charge in [-0.25, -0.2) is 4.39 Å². The average Bonchev–Trinajstić information content (AvgIpc) is 2.35. The van der Waals surface area contributed by atoms with E-state index < -0.39 is 5.82 Å². The number of amides is 1. The summed E-state index contributed by atoms with van der Waals surface area (Å²) in [5, 5.41) is 2.89. The number of hydrogen-bond donors (Lipinski definition) is 2. The average molecular weight is 260 g/mol. The molecule has 1 aliphatic rings. The van der Waals surface area contributed by atoms with Crippen molar-refractivity contribution in [3.8, 4) is 11.8 Å². The topological polar surface area (TPSA) is 55.1 Å². The minimum Gasteiger partial charge on any atom is -0.349 e. The third-order valence-electron chi connectivity index (χ3n) is 3.27. The van der Waals surface area contributed by atoms with Crippen molar-refractivity contribution in [1.29, 1.82) is 0 Å². The van der Waals surface area contributed by atoms with Crippen molar-refractivity contribution in [3.63, 3.8) is 0 Å². The van der Waals surface area contributed by atoms with E-state index in [1.807, 2.05) is 0 Å². The van der Waals surface area contributed by atoms with Gasteiger partial charge in [-0.05, 0) is 37.0 Å². The summed E-state index contributed by atoms with van der Waals surface area (Å²) in [6.45, 7) is 2.33. The molecule has 0 radical (unpaired) electrons. The van der Waals surface area contributed by atoms with Crippen molar-refractivity contribution in [3.05, 3.63) is 35.1 Å². The van der Waals surface area contributed by atoms with Crippen LogP contribution < -0.4 is 11.1 Å². The van der Waals surface area contributed by atoms with Crippen LogP contribution in [0.15, 0.2) is 18.2 Å². The van der Waals surface area contributed by atoms with Gasteiger partial charge in [0.1, 0.15) is 5.82 Å². The maximum Gasteiger partial charge on any atom is 0.251 e. The highest BCUT2D eigenvalue weighted by molar-refractivity contribution is 5.94. The smallest absolute Gasteiger partial charge is 0.251 e. The molecule has 1 aliphatic carbocycles. The van der Waals surface area contributed by atoms with E-state index in [4.69, 9.17) is 5.73 Å². The summed E-state index contributed by atoms with van der Waals surface area (Å²) in [5.41, 5.74) is 5.82. The normalized spacial score (nSPS) is 21.0. The van der Waals surface area contributed by atoms with Gasteiger partial charge in [-0.3, -0.25) is 4.79 Å². The second kappa shape index (κ2) is 5.85. The van der Waals surface area contributed by atoms with Gasteiger partial charge >= 0.3 is 0 Å². The molecule has 4 heteroatoms. The molecular weight excluding hydrogens is 243 g/mol. The molecule has 0 unspecified atom stereocenters. The van der Waals surface area contributed by atoms with E-state index in [0.717, 1.165) is 12.8 Å². The van der Waals surface area contributed by atoms with Gasteiger partial charge in [-0.1, -0.05) is 18.8 Å². The lowest BCUT2D eigenvalue weighted by Gasteiger charge is -2.33. The Bertz CT molecular complexity index is 539. The molecule has 3 N–H and O–H groups in total. The summed E-state index contributed by atoms with van der Waals surface area (Å²) in [5.74, 6) is 5.16. The molecule has 1 fully saturated rings. The molecule has 0 spiro atoms. The first-order valence-electron chi connectivity index (χ1n) is 6.39. The predicted molar refractivity (Wildman–Crippen MR) is 72.0 cm³/mol. The first-order valence-corrected chi connectivity index (χ1v) is 6.39. The zero-order valence-electron chi connectivity index (χ0n) is 10.9. The van der Waals surface area contributed by atoms with Gasteiger partial charge in [0.15, 0.2) is 0 Å². The largest absolute Gasteiger partial charge is 0.349 e. The second-order valence-corrected chi connectivity index (χ2v) is 4.95. The predicted octanol–water partition coefficient (Wildman–Crippen LogP) is 1.66. The van der Waals surface area contributed by atoms with Gasteiger partial charge < -0.3 is 11.1 Å². The number of halogens is 1. The fourth-order valence-corrected chi connectivity index (χ4v) is 2.19. The monoisotopic (exact) mass is 260 g/mol. The van der Waals surface area contributed by atoms with E-state index in [1.54, 1.807) is 6.07 Å². The first kappa shape index (κ1) is 13.6. The molecule has 0 saturated heterocycles. The fourth-order valence-electron chi connectivity index (χ4n) is 2.19. The van der Waals surface area contributed by atoms with Gasteiger partial charge in [-0.2, -0.15) is 0 Å². The van der Waals surface area contributed by atoms with Crippen LogP contribution in [0.4, 0.5) is 4.39 Å². The van der Waals surface area contributed by atoms with Crippen molar-refractivity contribution >= 4 is 5.91 Å². The van der Waals surface area contributed by atoms with Gasteiger partial charge in [-0.15, -0.1) is 0 Å². The van der Waals surface area contributed by atoms with Gasteiger partial charge in [0.25, 0.3) is 5.91 Å². The zero-order chi connectivity index (χ0) is 13.8. The molecule has 1 aromatic carbocycles. The van der Waals surface area contributed by atoms with E-state index >= 15 is 0 Å². The Labute approximate surface area is 112 Å². The number of nitrogens with two attached hydrogens (primary N) is 1. The molecule has 0 heterocycles. The van der Waals surface area contributed by atoms with E-state index in [1.165, 1.54) is 12.1 Å². The van der Waals surface area contributed by atoms with Crippen LogP contribution in [0.2, 0.25) is 0 Å². The molecular formula is C15H17FN2O. The molecule has 1 saturated carbocycles. The Morgan fingerprint density at radius 1 is 1.53 bits per heavy atom.